The van der Waals surface area contributed by atoms with E-state index < -0.39 is 10.0 Å². The van der Waals surface area contributed by atoms with Crippen LogP contribution in [0.4, 0.5) is 0 Å². The van der Waals surface area contributed by atoms with Gasteiger partial charge in [-0.1, -0.05) is 37.3 Å². The number of nitrogens with zero attached hydrogens (tertiary/aromatic N) is 1. The lowest BCUT2D eigenvalue weighted by Crippen LogP contribution is -2.41. The molecule has 0 radical (unpaired) electrons. The largest absolute Gasteiger partial charge is 0.315 e. The Hall–Kier alpha value is -1.43. The molecule has 1 heterocycles. The van der Waals surface area contributed by atoms with Gasteiger partial charge in [-0.15, -0.1) is 0 Å². The van der Waals surface area contributed by atoms with Gasteiger partial charge in [0.05, 0.1) is 4.90 Å². The molecule has 1 aliphatic heterocycles. The molecular formula is C16H20N2O2S. The molecule has 0 bridgehead atoms. The molecule has 0 aromatic heterocycles. The predicted octanol–water partition coefficient (Wildman–Crippen LogP) is 2.21. The van der Waals surface area contributed by atoms with E-state index >= 15 is 0 Å². The molecule has 1 unspecified atom stereocenters. The molecule has 1 fully saturated rings. The van der Waals surface area contributed by atoms with Crippen molar-refractivity contribution in [3.05, 3.63) is 42.5 Å². The fourth-order valence-electron chi connectivity index (χ4n) is 2.97. The van der Waals surface area contributed by atoms with Crippen molar-refractivity contribution in [1.82, 2.24) is 9.62 Å². The highest BCUT2D eigenvalue weighted by Gasteiger charge is 2.31. The molecule has 112 valence electrons. The highest BCUT2D eigenvalue weighted by atomic mass is 32.2. The molecule has 3 rings (SSSR count). The maximum absolute atomic E-state index is 12.9. The van der Waals surface area contributed by atoms with E-state index in [1.807, 2.05) is 37.3 Å². The normalized spacial score (nSPS) is 19.4. The Kier molecular flexibility index (Phi) is 3.97. The Balaban J connectivity index is 2.01. The topological polar surface area (TPSA) is 49.4 Å². The number of hydrogen-bond donors (Lipinski definition) is 1. The Labute approximate surface area is 125 Å². The average Bonchev–Trinajstić information content (AvgIpc) is 3.01. The summed E-state index contributed by atoms with van der Waals surface area (Å²) in [7, 11) is -3.43. The van der Waals surface area contributed by atoms with E-state index in [1.165, 1.54) is 0 Å². The van der Waals surface area contributed by atoms with Crippen molar-refractivity contribution >= 4 is 20.8 Å². The van der Waals surface area contributed by atoms with E-state index in [-0.39, 0.29) is 6.04 Å². The quantitative estimate of drug-likeness (QED) is 0.942. The Morgan fingerprint density at radius 1 is 1.19 bits per heavy atom. The first-order valence-corrected chi connectivity index (χ1v) is 8.78. The molecule has 2 aromatic rings. The average molecular weight is 304 g/mol. The van der Waals surface area contributed by atoms with E-state index in [0.29, 0.717) is 11.4 Å². The predicted molar refractivity (Wildman–Crippen MR) is 84.8 cm³/mol. The van der Waals surface area contributed by atoms with Crippen molar-refractivity contribution in [3.8, 4) is 0 Å². The monoisotopic (exact) mass is 304 g/mol. The summed E-state index contributed by atoms with van der Waals surface area (Å²) in [5.74, 6) is 0. The summed E-state index contributed by atoms with van der Waals surface area (Å²) in [6, 6.07) is 13.2. The van der Waals surface area contributed by atoms with Crippen LogP contribution in [0.3, 0.4) is 0 Å². The molecule has 0 saturated carbocycles. The zero-order chi connectivity index (χ0) is 14.9. The van der Waals surface area contributed by atoms with Gasteiger partial charge in [-0.05, 0) is 35.9 Å². The minimum atomic E-state index is -3.43. The third-order valence-corrected chi connectivity index (χ3v) is 6.10. The molecule has 4 nitrogen and oxygen atoms in total. The zero-order valence-electron chi connectivity index (χ0n) is 12.1. The third kappa shape index (κ3) is 2.69. The Bertz CT molecular complexity index is 737. The summed E-state index contributed by atoms with van der Waals surface area (Å²) >= 11 is 0. The van der Waals surface area contributed by atoms with Crippen LogP contribution in [0.1, 0.15) is 13.3 Å². The summed E-state index contributed by atoms with van der Waals surface area (Å²) in [6.07, 6.45) is 0.876. The van der Waals surface area contributed by atoms with Gasteiger partial charge in [0.25, 0.3) is 0 Å². The summed E-state index contributed by atoms with van der Waals surface area (Å²) in [4.78, 5) is 0.384. The molecule has 1 N–H and O–H groups in total. The van der Waals surface area contributed by atoms with Crippen molar-refractivity contribution in [2.75, 3.05) is 19.6 Å². The van der Waals surface area contributed by atoms with Gasteiger partial charge in [-0.3, -0.25) is 0 Å². The van der Waals surface area contributed by atoms with Crippen molar-refractivity contribution < 1.29 is 8.42 Å². The van der Waals surface area contributed by atoms with Crippen LogP contribution in [0.2, 0.25) is 0 Å². The summed E-state index contributed by atoms with van der Waals surface area (Å²) in [5, 5.41) is 5.25. The molecule has 1 saturated heterocycles. The Morgan fingerprint density at radius 3 is 2.62 bits per heavy atom. The zero-order valence-corrected chi connectivity index (χ0v) is 12.9. The number of likely N-dealkylation sites (N-methyl/N-ethyl adjacent to an activating group) is 1. The van der Waals surface area contributed by atoms with Crippen molar-refractivity contribution in [3.63, 3.8) is 0 Å². The molecule has 0 amide bonds. The first-order valence-electron chi connectivity index (χ1n) is 7.34. The van der Waals surface area contributed by atoms with E-state index in [2.05, 4.69) is 5.32 Å². The van der Waals surface area contributed by atoms with Crippen LogP contribution < -0.4 is 5.32 Å². The van der Waals surface area contributed by atoms with Crippen LogP contribution in [0.5, 0.6) is 0 Å². The molecule has 21 heavy (non-hydrogen) atoms. The number of hydrogen-bond acceptors (Lipinski definition) is 3. The van der Waals surface area contributed by atoms with E-state index in [9.17, 15) is 8.42 Å². The smallest absolute Gasteiger partial charge is 0.243 e. The second kappa shape index (κ2) is 5.75. The van der Waals surface area contributed by atoms with E-state index in [4.69, 9.17) is 0 Å². The third-order valence-electron chi connectivity index (χ3n) is 4.08. The van der Waals surface area contributed by atoms with Crippen LogP contribution in [0, 0.1) is 0 Å². The molecule has 2 aromatic carbocycles. The van der Waals surface area contributed by atoms with Gasteiger partial charge >= 0.3 is 0 Å². The SMILES string of the molecule is CCN(C1CCNC1)S(=O)(=O)c1ccc2ccccc2c1. The summed E-state index contributed by atoms with van der Waals surface area (Å²) in [6.45, 7) is 4.02. The molecule has 1 aliphatic rings. The number of sulfonamides is 1. The maximum atomic E-state index is 12.9. The highest BCUT2D eigenvalue weighted by Crippen LogP contribution is 2.24. The fraction of sp³-hybridized carbons (Fsp3) is 0.375. The van der Waals surface area contributed by atoms with Crippen molar-refractivity contribution in [1.29, 1.82) is 0 Å². The van der Waals surface area contributed by atoms with Crippen LogP contribution in [0.15, 0.2) is 47.4 Å². The number of nitrogens with one attached hydrogen (secondary N) is 1. The van der Waals surface area contributed by atoms with Gasteiger partial charge in [-0.2, -0.15) is 4.31 Å². The lowest BCUT2D eigenvalue weighted by molar-refractivity contribution is 0.349. The minimum Gasteiger partial charge on any atom is -0.315 e. The van der Waals surface area contributed by atoms with Crippen molar-refractivity contribution in [2.24, 2.45) is 0 Å². The minimum absolute atomic E-state index is 0.0615. The van der Waals surface area contributed by atoms with Gasteiger partial charge in [0.2, 0.25) is 10.0 Å². The molecule has 0 aliphatic carbocycles. The van der Waals surface area contributed by atoms with Crippen LogP contribution >= 0.6 is 0 Å². The van der Waals surface area contributed by atoms with Crippen LogP contribution in [-0.2, 0) is 10.0 Å². The highest BCUT2D eigenvalue weighted by molar-refractivity contribution is 7.89. The molecule has 5 heteroatoms. The van der Waals surface area contributed by atoms with Crippen LogP contribution in [0.25, 0.3) is 10.8 Å². The summed E-state index contributed by atoms with van der Waals surface area (Å²) < 4.78 is 27.4. The first kappa shape index (κ1) is 14.5. The molecular weight excluding hydrogens is 284 g/mol. The van der Waals surface area contributed by atoms with Gasteiger partial charge < -0.3 is 5.32 Å². The summed E-state index contributed by atoms with van der Waals surface area (Å²) in [5.41, 5.74) is 0. The van der Waals surface area contributed by atoms with Gasteiger partial charge in [0, 0.05) is 19.1 Å². The first-order chi connectivity index (χ1) is 10.1. The standard InChI is InChI=1S/C16H20N2O2S/c1-2-18(15-9-10-17-12-15)21(19,20)16-8-7-13-5-3-4-6-14(13)11-16/h3-8,11,15,17H,2,9-10,12H2,1H3. The second-order valence-corrected chi connectivity index (χ2v) is 7.25. The lowest BCUT2D eigenvalue weighted by atomic mass is 10.1. The van der Waals surface area contributed by atoms with E-state index in [0.717, 1.165) is 30.3 Å². The lowest BCUT2D eigenvalue weighted by Gasteiger charge is -2.26. The number of benzene rings is 2. The Morgan fingerprint density at radius 2 is 1.95 bits per heavy atom. The van der Waals surface area contributed by atoms with Gasteiger partial charge in [-0.25, -0.2) is 8.42 Å². The van der Waals surface area contributed by atoms with E-state index in [1.54, 1.807) is 16.4 Å². The molecule has 0 spiro atoms. The van der Waals surface area contributed by atoms with Gasteiger partial charge in [0.1, 0.15) is 0 Å². The molecule has 1 atom stereocenters. The second-order valence-electron chi connectivity index (χ2n) is 5.36. The van der Waals surface area contributed by atoms with Gasteiger partial charge in [0.15, 0.2) is 0 Å². The van der Waals surface area contributed by atoms with Crippen LogP contribution in [-0.4, -0.2) is 38.4 Å². The number of rotatable bonds is 4. The maximum Gasteiger partial charge on any atom is 0.243 e. The fourth-order valence-corrected chi connectivity index (χ4v) is 4.67. The number of fused-ring (bicyclic) bond motifs is 1. The van der Waals surface area contributed by atoms with Crippen molar-refractivity contribution in [2.45, 2.75) is 24.3 Å².